The summed E-state index contributed by atoms with van der Waals surface area (Å²) in [5.74, 6) is 0.537. The molecule has 0 saturated heterocycles. The van der Waals surface area contributed by atoms with Gasteiger partial charge in [0.15, 0.2) is 0 Å². The van der Waals surface area contributed by atoms with E-state index in [1.807, 2.05) is 68.4 Å². The molecule has 0 bridgehead atoms. The Labute approximate surface area is 183 Å². The highest BCUT2D eigenvalue weighted by Crippen LogP contribution is 2.19. The van der Waals surface area contributed by atoms with Gasteiger partial charge in [-0.2, -0.15) is 0 Å². The van der Waals surface area contributed by atoms with Crippen LogP contribution in [0, 0.1) is 5.92 Å². The Balaban J connectivity index is 1.53. The molecule has 0 aliphatic rings. The number of carbonyl (C=O) groups excluding carboxylic acids is 2. The average molecular weight is 417 g/mol. The van der Waals surface area contributed by atoms with E-state index in [0.717, 1.165) is 24.2 Å². The molecule has 0 saturated carbocycles. The van der Waals surface area contributed by atoms with Crippen LogP contribution in [0.4, 0.5) is 11.4 Å². The van der Waals surface area contributed by atoms with E-state index in [9.17, 15) is 9.59 Å². The minimum absolute atomic E-state index is 0.00243. The molecule has 31 heavy (non-hydrogen) atoms. The molecule has 0 aliphatic carbocycles. The molecule has 3 rings (SSSR count). The molecule has 5 nitrogen and oxygen atoms in total. The van der Waals surface area contributed by atoms with Crippen LogP contribution in [0.2, 0.25) is 0 Å². The lowest BCUT2D eigenvalue weighted by Crippen LogP contribution is -2.21. The van der Waals surface area contributed by atoms with Crippen molar-refractivity contribution in [2.24, 2.45) is 5.92 Å². The summed E-state index contributed by atoms with van der Waals surface area (Å²) >= 11 is 0. The first-order valence-corrected chi connectivity index (χ1v) is 10.6. The number of hydrogen-bond acceptors (Lipinski definition) is 3. The largest absolute Gasteiger partial charge is 0.489 e. The second kappa shape index (κ2) is 11.0. The molecule has 5 heteroatoms. The standard InChI is InChI=1S/C26H28N2O3/c1-3-20(4-2)25(29)27-22-12-10-21(11-13-22)26(30)28-23-14-16-24(17-15-23)31-18-19-8-6-5-7-9-19/h5-17,20H,3-4,18H2,1-2H3,(H,27,29)(H,28,30). The van der Waals surface area contributed by atoms with Gasteiger partial charge in [0.05, 0.1) is 0 Å². The van der Waals surface area contributed by atoms with Gasteiger partial charge in [0.1, 0.15) is 12.4 Å². The maximum absolute atomic E-state index is 12.5. The Morgan fingerprint density at radius 1 is 0.774 bits per heavy atom. The normalized spacial score (nSPS) is 10.5. The van der Waals surface area contributed by atoms with E-state index in [1.54, 1.807) is 24.3 Å². The maximum Gasteiger partial charge on any atom is 0.255 e. The van der Waals surface area contributed by atoms with Crippen molar-refractivity contribution in [1.82, 2.24) is 0 Å². The van der Waals surface area contributed by atoms with Gasteiger partial charge in [0.25, 0.3) is 5.91 Å². The van der Waals surface area contributed by atoms with E-state index in [2.05, 4.69) is 10.6 Å². The Morgan fingerprint density at radius 2 is 1.35 bits per heavy atom. The Morgan fingerprint density at radius 3 is 1.97 bits per heavy atom. The molecule has 160 valence electrons. The molecule has 0 unspecified atom stereocenters. The van der Waals surface area contributed by atoms with Crippen LogP contribution in [0.1, 0.15) is 42.6 Å². The van der Waals surface area contributed by atoms with Crippen molar-refractivity contribution < 1.29 is 14.3 Å². The van der Waals surface area contributed by atoms with Crippen LogP contribution in [0.25, 0.3) is 0 Å². The van der Waals surface area contributed by atoms with Gasteiger partial charge in [0.2, 0.25) is 5.91 Å². The van der Waals surface area contributed by atoms with Crippen molar-refractivity contribution in [3.05, 3.63) is 90.0 Å². The van der Waals surface area contributed by atoms with Crippen molar-refractivity contribution in [3.8, 4) is 5.75 Å². The predicted octanol–water partition coefficient (Wildman–Crippen LogP) is 5.89. The second-order valence-electron chi connectivity index (χ2n) is 7.33. The van der Waals surface area contributed by atoms with Gasteiger partial charge in [-0.05, 0) is 66.9 Å². The molecule has 0 aliphatic heterocycles. The number of rotatable bonds is 9. The summed E-state index contributed by atoms with van der Waals surface area (Å²) in [5.41, 5.74) is 2.99. The average Bonchev–Trinajstić information content (AvgIpc) is 2.80. The number of nitrogens with one attached hydrogen (secondary N) is 2. The molecule has 0 aromatic heterocycles. The monoisotopic (exact) mass is 416 g/mol. The fraction of sp³-hybridized carbons (Fsp3) is 0.231. The first kappa shape index (κ1) is 22.1. The molecule has 0 fully saturated rings. The number of anilines is 2. The maximum atomic E-state index is 12.5. The molecular formula is C26H28N2O3. The third kappa shape index (κ3) is 6.44. The van der Waals surface area contributed by atoms with E-state index in [-0.39, 0.29) is 17.7 Å². The Bertz CT molecular complexity index is 979. The molecular weight excluding hydrogens is 388 g/mol. The summed E-state index contributed by atoms with van der Waals surface area (Å²) in [4.78, 5) is 24.7. The lowest BCUT2D eigenvalue weighted by Gasteiger charge is -2.13. The lowest BCUT2D eigenvalue weighted by molar-refractivity contribution is -0.120. The summed E-state index contributed by atoms with van der Waals surface area (Å²) in [7, 11) is 0. The molecule has 0 radical (unpaired) electrons. The van der Waals surface area contributed by atoms with Gasteiger partial charge in [-0.25, -0.2) is 0 Å². The first-order chi connectivity index (χ1) is 15.1. The quantitative estimate of drug-likeness (QED) is 0.457. The highest BCUT2D eigenvalue weighted by atomic mass is 16.5. The SMILES string of the molecule is CCC(CC)C(=O)Nc1ccc(C(=O)Nc2ccc(OCc3ccccc3)cc2)cc1. The highest BCUT2D eigenvalue weighted by molar-refractivity contribution is 6.04. The summed E-state index contributed by atoms with van der Waals surface area (Å²) in [6.45, 7) is 4.50. The van der Waals surface area contributed by atoms with Crippen LogP contribution in [0.3, 0.4) is 0 Å². The van der Waals surface area contributed by atoms with Crippen LogP contribution < -0.4 is 15.4 Å². The molecule has 2 amide bonds. The van der Waals surface area contributed by atoms with Gasteiger partial charge in [-0.1, -0.05) is 44.2 Å². The van der Waals surface area contributed by atoms with Gasteiger partial charge in [-0.3, -0.25) is 9.59 Å². The third-order valence-electron chi connectivity index (χ3n) is 5.13. The smallest absolute Gasteiger partial charge is 0.255 e. The Hall–Kier alpha value is -3.60. The number of benzene rings is 3. The van der Waals surface area contributed by atoms with Gasteiger partial charge in [-0.15, -0.1) is 0 Å². The Kier molecular flexibility index (Phi) is 7.82. The van der Waals surface area contributed by atoms with E-state index in [0.29, 0.717) is 23.5 Å². The minimum Gasteiger partial charge on any atom is -0.489 e. The van der Waals surface area contributed by atoms with Crippen LogP contribution in [-0.2, 0) is 11.4 Å². The fourth-order valence-electron chi connectivity index (χ4n) is 3.19. The summed E-state index contributed by atoms with van der Waals surface area (Å²) in [5, 5.41) is 5.78. The third-order valence-corrected chi connectivity index (χ3v) is 5.13. The minimum atomic E-state index is -0.212. The summed E-state index contributed by atoms with van der Waals surface area (Å²) in [6.07, 6.45) is 1.61. The van der Waals surface area contributed by atoms with Crippen molar-refractivity contribution in [2.45, 2.75) is 33.3 Å². The van der Waals surface area contributed by atoms with Crippen molar-refractivity contribution >= 4 is 23.2 Å². The fourth-order valence-corrected chi connectivity index (χ4v) is 3.19. The predicted molar refractivity (Wildman–Crippen MR) is 124 cm³/mol. The number of ether oxygens (including phenoxy) is 1. The first-order valence-electron chi connectivity index (χ1n) is 10.6. The summed E-state index contributed by atoms with van der Waals surface area (Å²) < 4.78 is 5.77. The zero-order chi connectivity index (χ0) is 22.1. The molecule has 2 N–H and O–H groups in total. The number of hydrogen-bond donors (Lipinski definition) is 2. The number of amides is 2. The van der Waals surface area contributed by atoms with Crippen LogP contribution >= 0.6 is 0 Å². The molecule has 0 atom stereocenters. The topological polar surface area (TPSA) is 67.4 Å². The van der Waals surface area contributed by atoms with Gasteiger partial charge < -0.3 is 15.4 Å². The van der Waals surface area contributed by atoms with Gasteiger partial charge in [0, 0.05) is 22.9 Å². The van der Waals surface area contributed by atoms with E-state index in [4.69, 9.17) is 4.74 Å². The summed E-state index contributed by atoms with van der Waals surface area (Å²) in [6, 6.07) is 24.1. The van der Waals surface area contributed by atoms with E-state index >= 15 is 0 Å². The second-order valence-corrected chi connectivity index (χ2v) is 7.33. The molecule has 3 aromatic rings. The number of carbonyl (C=O) groups is 2. The van der Waals surface area contributed by atoms with E-state index < -0.39 is 0 Å². The molecule has 0 spiro atoms. The van der Waals surface area contributed by atoms with Crippen LogP contribution in [0.15, 0.2) is 78.9 Å². The van der Waals surface area contributed by atoms with Crippen molar-refractivity contribution in [3.63, 3.8) is 0 Å². The molecule has 0 heterocycles. The van der Waals surface area contributed by atoms with Crippen LogP contribution in [-0.4, -0.2) is 11.8 Å². The van der Waals surface area contributed by atoms with Crippen molar-refractivity contribution in [1.29, 1.82) is 0 Å². The lowest BCUT2D eigenvalue weighted by atomic mass is 10.0. The van der Waals surface area contributed by atoms with Crippen LogP contribution in [0.5, 0.6) is 5.75 Å². The van der Waals surface area contributed by atoms with E-state index in [1.165, 1.54) is 0 Å². The zero-order valence-corrected chi connectivity index (χ0v) is 17.9. The van der Waals surface area contributed by atoms with Gasteiger partial charge >= 0.3 is 0 Å². The molecule has 3 aromatic carbocycles. The van der Waals surface area contributed by atoms with Crippen molar-refractivity contribution in [2.75, 3.05) is 10.6 Å². The highest BCUT2D eigenvalue weighted by Gasteiger charge is 2.14. The zero-order valence-electron chi connectivity index (χ0n) is 17.9.